The Balaban J connectivity index is 0.000000185. The van der Waals surface area contributed by atoms with Gasteiger partial charge in [-0.3, -0.25) is 0 Å². The van der Waals surface area contributed by atoms with Crippen LogP contribution in [0.15, 0.2) is 72.8 Å². The minimum atomic E-state index is -0.653. The third-order valence-corrected chi connectivity index (χ3v) is 5.87. The average molecular weight is 425 g/mol. The smallest absolute Gasteiger partial charge is 0.334 e. The molecule has 5 heteroatoms. The molecule has 0 spiro atoms. The molecular formula is C26H32O5. The summed E-state index contributed by atoms with van der Waals surface area (Å²) in [5.74, 6) is -0.333. The van der Waals surface area contributed by atoms with Crippen molar-refractivity contribution in [1.82, 2.24) is 0 Å². The molecule has 0 radical (unpaired) electrons. The molecule has 1 N–H and O–H groups in total. The van der Waals surface area contributed by atoms with Crippen LogP contribution in [0, 0.1) is 0 Å². The maximum absolute atomic E-state index is 11.8. The number of benzene rings is 2. The third-order valence-electron chi connectivity index (χ3n) is 5.87. The monoisotopic (exact) mass is 424 g/mol. The first-order valence-electron chi connectivity index (χ1n) is 10.8. The molecule has 0 aromatic heterocycles. The number of carbonyl (C=O) groups is 1. The molecule has 4 rings (SSSR count). The van der Waals surface area contributed by atoms with E-state index in [-0.39, 0.29) is 5.97 Å². The van der Waals surface area contributed by atoms with Crippen LogP contribution in [0.5, 0.6) is 0 Å². The standard InChI is InChI=1S/C15H18O3.C11H14O2/c1-12(2)14(16)18-15(8-10-17-11-9-15)13-6-4-3-5-7-13;12-11(6-8-13-9-7-11)10-4-2-1-3-5-10/h3-7H,1,8-11H2,2H3;1-5,12H,6-9H2. The van der Waals surface area contributed by atoms with E-state index in [0.29, 0.717) is 57.7 Å². The lowest BCUT2D eigenvalue weighted by Gasteiger charge is -2.37. The molecular weight excluding hydrogens is 392 g/mol. The van der Waals surface area contributed by atoms with Crippen LogP contribution in [-0.4, -0.2) is 37.5 Å². The highest BCUT2D eigenvalue weighted by Gasteiger charge is 2.38. The normalized spacial score (nSPS) is 19.4. The number of hydrogen-bond acceptors (Lipinski definition) is 5. The Labute approximate surface area is 184 Å². The van der Waals surface area contributed by atoms with Crippen LogP contribution in [0.3, 0.4) is 0 Å². The molecule has 2 saturated heterocycles. The van der Waals surface area contributed by atoms with Crippen LogP contribution in [0.25, 0.3) is 0 Å². The van der Waals surface area contributed by atoms with E-state index in [1.165, 1.54) is 0 Å². The molecule has 0 unspecified atom stereocenters. The van der Waals surface area contributed by atoms with Crippen molar-refractivity contribution in [3.8, 4) is 0 Å². The maximum atomic E-state index is 11.8. The minimum Gasteiger partial charge on any atom is -0.451 e. The van der Waals surface area contributed by atoms with E-state index >= 15 is 0 Å². The first-order valence-corrected chi connectivity index (χ1v) is 10.8. The van der Waals surface area contributed by atoms with Crippen LogP contribution in [0.1, 0.15) is 43.7 Å². The van der Waals surface area contributed by atoms with Crippen LogP contribution in [0.4, 0.5) is 0 Å². The molecule has 2 aromatic rings. The first-order chi connectivity index (χ1) is 15.0. The molecule has 0 amide bonds. The second-order valence-corrected chi connectivity index (χ2v) is 8.15. The molecule has 2 fully saturated rings. The summed E-state index contributed by atoms with van der Waals surface area (Å²) in [6.07, 6.45) is 2.79. The van der Waals surface area contributed by atoms with E-state index in [1.807, 2.05) is 60.7 Å². The topological polar surface area (TPSA) is 65.0 Å². The van der Waals surface area contributed by atoms with Gasteiger partial charge < -0.3 is 19.3 Å². The molecule has 2 aromatic carbocycles. The fourth-order valence-corrected chi connectivity index (χ4v) is 3.90. The molecule has 31 heavy (non-hydrogen) atoms. The van der Waals surface area contributed by atoms with Crippen molar-refractivity contribution in [2.75, 3.05) is 26.4 Å². The predicted molar refractivity (Wildman–Crippen MR) is 119 cm³/mol. The largest absolute Gasteiger partial charge is 0.451 e. The van der Waals surface area contributed by atoms with E-state index in [9.17, 15) is 9.90 Å². The minimum absolute atomic E-state index is 0.333. The Hall–Kier alpha value is -2.47. The lowest BCUT2D eigenvalue weighted by Crippen LogP contribution is -2.38. The van der Waals surface area contributed by atoms with E-state index < -0.39 is 11.2 Å². The Bertz CT molecular complexity index is 835. The van der Waals surface area contributed by atoms with Crippen LogP contribution in [-0.2, 0) is 30.2 Å². The predicted octanol–water partition coefficient (Wildman–Crippen LogP) is 4.50. The molecule has 0 atom stereocenters. The fraction of sp³-hybridized carbons (Fsp3) is 0.423. The molecule has 5 nitrogen and oxygen atoms in total. The second-order valence-electron chi connectivity index (χ2n) is 8.15. The lowest BCUT2D eigenvalue weighted by atomic mass is 9.86. The van der Waals surface area contributed by atoms with Gasteiger partial charge >= 0.3 is 5.97 Å². The number of carbonyl (C=O) groups excluding carboxylic acids is 1. The number of esters is 1. The summed E-state index contributed by atoms with van der Waals surface area (Å²) < 4.78 is 16.3. The van der Waals surface area contributed by atoms with Crippen molar-refractivity contribution in [3.05, 3.63) is 83.9 Å². The van der Waals surface area contributed by atoms with Gasteiger partial charge in [-0.1, -0.05) is 67.2 Å². The second kappa shape index (κ2) is 10.7. The van der Waals surface area contributed by atoms with Gasteiger partial charge in [0.1, 0.15) is 5.60 Å². The zero-order valence-electron chi connectivity index (χ0n) is 18.2. The molecule has 2 aliphatic rings. The quantitative estimate of drug-likeness (QED) is 0.578. The van der Waals surface area contributed by atoms with Crippen molar-refractivity contribution in [3.63, 3.8) is 0 Å². The van der Waals surface area contributed by atoms with Gasteiger partial charge in [-0.2, -0.15) is 0 Å². The van der Waals surface area contributed by atoms with Crippen molar-refractivity contribution < 1.29 is 24.1 Å². The Morgan fingerprint density at radius 1 is 0.839 bits per heavy atom. The van der Waals surface area contributed by atoms with Gasteiger partial charge in [-0.15, -0.1) is 0 Å². The number of hydrogen-bond donors (Lipinski definition) is 1. The SMILES string of the molecule is C=C(C)C(=O)OC1(c2ccccc2)CCOCC1.OC1(c2ccccc2)CCOCC1. The van der Waals surface area contributed by atoms with Gasteiger partial charge in [0, 0.05) is 44.5 Å². The van der Waals surface area contributed by atoms with E-state index in [0.717, 1.165) is 11.1 Å². The third kappa shape index (κ3) is 6.03. The average Bonchev–Trinajstić information content (AvgIpc) is 2.82. The van der Waals surface area contributed by atoms with Gasteiger partial charge in [0.15, 0.2) is 0 Å². The van der Waals surface area contributed by atoms with Crippen LogP contribution < -0.4 is 0 Å². The van der Waals surface area contributed by atoms with Crippen LogP contribution in [0.2, 0.25) is 0 Å². The first kappa shape index (κ1) is 23.2. The van der Waals surface area contributed by atoms with E-state index in [4.69, 9.17) is 14.2 Å². The summed E-state index contributed by atoms with van der Waals surface area (Å²) in [7, 11) is 0. The lowest BCUT2D eigenvalue weighted by molar-refractivity contribution is -0.166. The van der Waals surface area contributed by atoms with Crippen molar-refractivity contribution in [2.24, 2.45) is 0 Å². The van der Waals surface area contributed by atoms with Crippen molar-refractivity contribution >= 4 is 5.97 Å². The van der Waals surface area contributed by atoms with Gasteiger partial charge in [0.2, 0.25) is 0 Å². The number of ether oxygens (including phenoxy) is 3. The highest BCUT2D eigenvalue weighted by Crippen LogP contribution is 2.36. The molecule has 2 heterocycles. The maximum Gasteiger partial charge on any atom is 0.334 e. The molecule has 2 aliphatic heterocycles. The summed E-state index contributed by atoms with van der Waals surface area (Å²) in [5, 5.41) is 10.3. The van der Waals surface area contributed by atoms with Crippen LogP contribution >= 0.6 is 0 Å². The van der Waals surface area contributed by atoms with Gasteiger partial charge in [-0.05, 0) is 18.1 Å². The number of aliphatic hydroxyl groups is 1. The molecule has 0 aliphatic carbocycles. The highest BCUT2D eigenvalue weighted by molar-refractivity contribution is 5.87. The van der Waals surface area contributed by atoms with Gasteiger partial charge in [0.05, 0.1) is 18.8 Å². The summed E-state index contributed by atoms with van der Waals surface area (Å²) in [6, 6.07) is 19.7. The van der Waals surface area contributed by atoms with Crippen molar-refractivity contribution in [1.29, 1.82) is 0 Å². The summed E-state index contributed by atoms with van der Waals surface area (Å²) in [6.45, 7) is 7.84. The summed E-state index contributed by atoms with van der Waals surface area (Å²) in [5.41, 5.74) is 1.26. The van der Waals surface area contributed by atoms with E-state index in [1.54, 1.807) is 6.92 Å². The molecule has 0 saturated carbocycles. The number of rotatable bonds is 4. The van der Waals surface area contributed by atoms with E-state index in [2.05, 4.69) is 6.58 Å². The van der Waals surface area contributed by atoms with Gasteiger partial charge in [-0.25, -0.2) is 4.79 Å². The highest BCUT2D eigenvalue weighted by atomic mass is 16.6. The fourth-order valence-electron chi connectivity index (χ4n) is 3.90. The zero-order valence-corrected chi connectivity index (χ0v) is 18.2. The Morgan fingerprint density at radius 3 is 1.77 bits per heavy atom. The summed E-state index contributed by atoms with van der Waals surface area (Å²) >= 11 is 0. The van der Waals surface area contributed by atoms with Crippen molar-refractivity contribution in [2.45, 2.75) is 43.8 Å². The summed E-state index contributed by atoms with van der Waals surface area (Å²) in [4.78, 5) is 11.8. The molecule has 166 valence electrons. The molecule has 0 bridgehead atoms. The Kier molecular flexibility index (Phi) is 8.02. The van der Waals surface area contributed by atoms with Gasteiger partial charge in [0.25, 0.3) is 0 Å². The Morgan fingerprint density at radius 2 is 1.29 bits per heavy atom. The zero-order chi connectivity index (χ0) is 22.2.